The second-order valence-corrected chi connectivity index (χ2v) is 11.5. The Morgan fingerprint density at radius 2 is 1.71 bits per heavy atom. The van der Waals surface area contributed by atoms with Crippen LogP contribution in [0.3, 0.4) is 0 Å². The molecule has 2 aromatic carbocycles. The van der Waals surface area contributed by atoms with Gasteiger partial charge in [-0.05, 0) is 87.1 Å². The first-order chi connectivity index (χ1) is 19.7. The van der Waals surface area contributed by atoms with E-state index in [1.54, 1.807) is 12.0 Å². The Morgan fingerprint density at radius 1 is 1.02 bits per heavy atom. The number of ether oxygens (including phenoxy) is 1. The molecule has 0 fully saturated rings. The van der Waals surface area contributed by atoms with Crippen LogP contribution in [-0.4, -0.2) is 59.7 Å². The molecule has 1 heterocycles. The maximum atomic E-state index is 14.0. The Balaban J connectivity index is 1.64. The average molecular weight is 574 g/mol. The number of hydrogen-bond donors (Lipinski definition) is 1. The number of methoxy groups -OCH3 is 1. The lowest BCUT2D eigenvalue weighted by molar-refractivity contribution is -0.139. The predicted molar refractivity (Wildman–Crippen MR) is 165 cm³/mol. The summed E-state index contributed by atoms with van der Waals surface area (Å²) in [5.41, 5.74) is 4.38. The first kappa shape index (κ1) is 30.1. The SMILES string of the molecule is COc1ccc(CN(C(=O)CSc2nc(C)cc(C)n2)C(C(=O)Nc2ccc(N(C)C)cc2)C2CC=CCC2)cc1. The number of carbonyl (C=O) groups excluding carboxylic acids is 2. The molecule has 0 aliphatic heterocycles. The Hall–Kier alpha value is -3.85. The number of nitrogens with one attached hydrogen (secondary N) is 1. The van der Waals surface area contributed by atoms with E-state index in [0.717, 1.165) is 47.7 Å². The standard InChI is InChI=1S/C32H39N5O3S/c1-22-19-23(2)34-32(33-22)41-21-29(38)37(20-24-11-17-28(40-5)18-12-24)30(25-9-7-6-8-10-25)31(39)35-26-13-15-27(16-14-26)36(3)4/h6-7,11-19,25,30H,8-10,20-21H2,1-5H3,(H,35,39). The summed E-state index contributed by atoms with van der Waals surface area (Å²) < 4.78 is 5.33. The highest BCUT2D eigenvalue weighted by Crippen LogP contribution is 2.29. The van der Waals surface area contributed by atoms with Gasteiger partial charge < -0.3 is 19.9 Å². The summed E-state index contributed by atoms with van der Waals surface area (Å²) in [6.07, 6.45) is 6.70. The molecule has 1 aromatic heterocycles. The third-order valence-corrected chi connectivity index (χ3v) is 7.96. The molecule has 2 amide bonds. The van der Waals surface area contributed by atoms with Crippen LogP contribution in [0.25, 0.3) is 0 Å². The van der Waals surface area contributed by atoms with Gasteiger partial charge in [0.15, 0.2) is 5.16 Å². The van der Waals surface area contributed by atoms with Crippen molar-refractivity contribution in [3.8, 4) is 5.75 Å². The van der Waals surface area contributed by atoms with Gasteiger partial charge in [-0.15, -0.1) is 0 Å². The van der Waals surface area contributed by atoms with Crippen molar-refractivity contribution in [1.82, 2.24) is 14.9 Å². The molecule has 0 saturated heterocycles. The molecule has 0 saturated carbocycles. The minimum atomic E-state index is -0.649. The van der Waals surface area contributed by atoms with Crippen LogP contribution in [0.2, 0.25) is 0 Å². The summed E-state index contributed by atoms with van der Waals surface area (Å²) in [6.45, 7) is 4.13. The lowest BCUT2D eigenvalue weighted by Gasteiger charge is -2.37. The van der Waals surface area contributed by atoms with Crippen LogP contribution in [0, 0.1) is 19.8 Å². The normalized spacial score (nSPS) is 15.2. The average Bonchev–Trinajstić information content (AvgIpc) is 2.96. The number of rotatable bonds is 11. The van der Waals surface area contributed by atoms with Crippen molar-refractivity contribution < 1.29 is 14.3 Å². The highest BCUT2D eigenvalue weighted by atomic mass is 32.2. The zero-order chi connectivity index (χ0) is 29.4. The van der Waals surface area contributed by atoms with Crippen molar-refractivity contribution in [3.05, 3.63) is 83.7 Å². The van der Waals surface area contributed by atoms with Gasteiger partial charge in [0.1, 0.15) is 11.8 Å². The minimum absolute atomic E-state index is 0.00860. The third-order valence-electron chi connectivity index (χ3n) is 7.13. The van der Waals surface area contributed by atoms with E-state index in [1.165, 1.54) is 11.8 Å². The van der Waals surface area contributed by atoms with Gasteiger partial charge in [-0.3, -0.25) is 9.59 Å². The maximum Gasteiger partial charge on any atom is 0.247 e. The van der Waals surface area contributed by atoms with Crippen LogP contribution >= 0.6 is 11.8 Å². The number of aromatic nitrogens is 2. The van der Waals surface area contributed by atoms with E-state index in [1.807, 2.05) is 87.4 Å². The first-order valence-electron chi connectivity index (χ1n) is 13.8. The van der Waals surface area contributed by atoms with E-state index in [2.05, 4.69) is 27.4 Å². The second kappa shape index (κ2) is 14.2. The van der Waals surface area contributed by atoms with Gasteiger partial charge in [-0.1, -0.05) is 36.0 Å². The summed E-state index contributed by atoms with van der Waals surface area (Å²) in [6, 6.07) is 16.6. The van der Waals surface area contributed by atoms with Crippen LogP contribution in [0.4, 0.5) is 11.4 Å². The monoisotopic (exact) mass is 573 g/mol. The number of hydrogen-bond acceptors (Lipinski definition) is 7. The lowest BCUT2D eigenvalue weighted by atomic mass is 9.86. The molecule has 3 aromatic rings. The topological polar surface area (TPSA) is 87.7 Å². The Kier molecular flexibility index (Phi) is 10.4. The zero-order valence-electron chi connectivity index (χ0n) is 24.5. The van der Waals surface area contributed by atoms with E-state index in [4.69, 9.17) is 4.74 Å². The zero-order valence-corrected chi connectivity index (χ0v) is 25.3. The van der Waals surface area contributed by atoms with Gasteiger partial charge in [0.2, 0.25) is 11.8 Å². The largest absolute Gasteiger partial charge is 0.497 e. The Labute approximate surface area is 247 Å². The molecule has 216 valence electrons. The Morgan fingerprint density at radius 3 is 2.29 bits per heavy atom. The molecule has 2 unspecified atom stereocenters. The maximum absolute atomic E-state index is 14.0. The number of anilines is 2. The van der Waals surface area contributed by atoms with Gasteiger partial charge in [0.25, 0.3) is 0 Å². The quantitative estimate of drug-likeness (QED) is 0.180. The molecular formula is C32H39N5O3S. The summed E-state index contributed by atoms with van der Waals surface area (Å²) in [5.74, 6) is 0.541. The number of amides is 2. The molecule has 41 heavy (non-hydrogen) atoms. The fraction of sp³-hybridized carbons (Fsp3) is 0.375. The van der Waals surface area contributed by atoms with Gasteiger partial charge in [-0.25, -0.2) is 9.97 Å². The smallest absolute Gasteiger partial charge is 0.247 e. The van der Waals surface area contributed by atoms with Crippen LogP contribution in [0.1, 0.15) is 36.2 Å². The van der Waals surface area contributed by atoms with Crippen molar-refractivity contribution in [1.29, 1.82) is 0 Å². The van der Waals surface area contributed by atoms with Gasteiger partial charge in [0, 0.05) is 43.4 Å². The number of nitrogens with zero attached hydrogens (tertiary/aromatic N) is 4. The van der Waals surface area contributed by atoms with Crippen molar-refractivity contribution >= 4 is 35.0 Å². The highest BCUT2D eigenvalue weighted by Gasteiger charge is 2.36. The van der Waals surface area contributed by atoms with Crippen LogP contribution in [-0.2, 0) is 16.1 Å². The van der Waals surface area contributed by atoms with Crippen LogP contribution in [0.5, 0.6) is 5.75 Å². The third kappa shape index (κ3) is 8.33. The number of benzene rings is 2. The van der Waals surface area contributed by atoms with Gasteiger partial charge >= 0.3 is 0 Å². The van der Waals surface area contributed by atoms with E-state index >= 15 is 0 Å². The van der Waals surface area contributed by atoms with E-state index in [-0.39, 0.29) is 23.5 Å². The molecule has 0 bridgehead atoms. The fourth-order valence-electron chi connectivity index (χ4n) is 5.01. The van der Waals surface area contributed by atoms with E-state index in [9.17, 15) is 9.59 Å². The summed E-state index contributed by atoms with van der Waals surface area (Å²) in [5, 5.41) is 3.66. The number of thioether (sulfide) groups is 1. The summed E-state index contributed by atoms with van der Waals surface area (Å²) in [4.78, 5) is 40.8. The summed E-state index contributed by atoms with van der Waals surface area (Å²) >= 11 is 1.30. The molecule has 4 rings (SSSR count). The Bertz CT molecular complexity index is 1340. The number of aryl methyl sites for hydroxylation is 2. The number of allylic oxidation sites excluding steroid dienone is 2. The lowest BCUT2D eigenvalue weighted by Crippen LogP contribution is -2.51. The molecule has 1 aliphatic carbocycles. The second-order valence-electron chi connectivity index (χ2n) is 10.5. The van der Waals surface area contributed by atoms with Crippen molar-refractivity contribution in [3.63, 3.8) is 0 Å². The first-order valence-corrected chi connectivity index (χ1v) is 14.8. The van der Waals surface area contributed by atoms with Crippen LogP contribution in [0.15, 0.2) is 71.9 Å². The molecule has 9 heteroatoms. The molecule has 1 N–H and O–H groups in total. The van der Waals surface area contributed by atoms with E-state index < -0.39 is 6.04 Å². The summed E-state index contributed by atoms with van der Waals surface area (Å²) in [7, 11) is 5.58. The van der Waals surface area contributed by atoms with Crippen molar-refractivity contribution in [2.24, 2.45) is 5.92 Å². The molecule has 0 radical (unpaired) electrons. The molecule has 8 nitrogen and oxygen atoms in total. The van der Waals surface area contributed by atoms with Crippen LogP contribution < -0.4 is 15.0 Å². The van der Waals surface area contributed by atoms with Crippen molar-refractivity contribution in [2.45, 2.75) is 50.9 Å². The van der Waals surface area contributed by atoms with Crippen molar-refractivity contribution in [2.75, 3.05) is 37.2 Å². The van der Waals surface area contributed by atoms with E-state index in [0.29, 0.717) is 17.4 Å². The van der Waals surface area contributed by atoms with Gasteiger partial charge in [-0.2, -0.15) is 0 Å². The molecule has 0 spiro atoms. The predicted octanol–water partition coefficient (Wildman–Crippen LogP) is 5.65. The highest BCUT2D eigenvalue weighted by molar-refractivity contribution is 7.99. The molecule has 2 atom stereocenters. The molecular weight excluding hydrogens is 534 g/mol. The molecule has 1 aliphatic rings. The fourth-order valence-corrected chi connectivity index (χ4v) is 5.85. The number of carbonyl (C=O) groups is 2. The minimum Gasteiger partial charge on any atom is -0.497 e. The van der Waals surface area contributed by atoms with Gasteiger partial charge in [0.05, 0.1) is 12.9 Å².